The third kappa shape index (κ3) is 3.35. The summed E-state index contributed by atoms with van der Waals surface area (Å²) in [5.74, 6) is -0.391. The maximum absolute atomic E-state index is 14.7. The molecule has 2 amide bonds. The van der Waals surface area contributed by atoms with Gasteiger partial charge in [-0.15, -0.1) is 0 Å². The molecule has 1 aliphatic heterocycles. The summed E-state index contributed by atoms with van der Waals surface area (Å²) in [6, 6.07) is 6.97. The Balaban J connectivity index is 1.76. The number of para-hydroxylation sites is 1. The molecule has 0 atom stereocenters. The number of amides is 2. The SMILES string of the molecule is CNC1CCC(N2C(=O)N(c3c(C)cccc3F)Cc3cnc(Cl)cc32)CC1. The minimum atomic E-state index is -0.391. The molecule has 1 fully saturated rings. The number of hydrogen-bond acceptors (Lipinski definition) is 3. The molecule has 5 nitrogen and oxygen atoms in total. The van der Waals surface area contributed by atoms with E-state index in [0.717, 1.165) is 42.5 Å². The third-order valence-corrected chi connectivity index (χ3v) is 6.09. The highest BCUT2D eigenvalue weighted by molar-refractivity contribution is 6.29. The number of carbonyl (C=O) groups is 1. The Morgan fingerprint density at radius 3 is 2.68 bits per heavy atom. The third-order valence-electron chi connectivity index (χ3n) is 5.88. The molecule has 7 heteroatoms. The number of anilines is 2. The molecule has 0 spiro atoms. The first-order valence-electron chi connectivity index (χ1n) is 9.67. The first-order chi connectivity index (χ1) is 13.5. The normalized spacial score (nSPS) is 22.4. The van der Waals surface area contributed by atoms with Gasteiger partial charge >= 0.3 is 6.03 Å². The minimum absolute atomic E-state index is 0.0594. The number of carbonyl (C=O) groups excluding carboxylic acids is 1. The lowest BCUT2D eigenvalue weighted by Crippen LogP contribution is -2.54. The molecule has 2 aromatic rings. The van der Waals surface area contributed by atoms with Gasteiger partial charge in [-0.3, -0.25) is 9.80 Å². The Hall–Kier alpha value is -2.18. The molecular weight excluding hydrogens is 379 g/mol. The van der Waals surface area contributed by atoms with Crippen molar-refractivity contribution in [2.45, 2.75) is 51.2 Å². The molecule has 2 aliphatic rings. The lowest BCUT2D eigenvalue weighted by atomic mass is 9.89. The Kier molecular flexibility index (Phi) is 5.25. The van der Waals surface area contributed by atoms with E-state index in [-0.39, 0.29) is 18.6 Å². The predicted octanol–water partition coefficient (Wildman–Crippen LogP) is 4.66. The van der Waals surface area contributed by atoms with Crippen molar-refractivity contribution >= 4 is 29.0 Å². The zero-order valence-corrected chi connectivity index (χ0v) is 16.8. The highest BCUT2D eigenvalue weighted by Crippen LogP contribution is 2.38. The van der Waals surface area contributed by atoms with Crippen molar-refractivity contribution in [3.8, 4) is 0 Å². The molecule has 0 saturated heterocycles. The van der Waals surface area contributed by atoms with Crippen molar-refractivity contribution in [3.63, 3.8) is 0 Å². The molecule has 1 N–H and O–H groups in total. The van der Waals surface area contributed by atoms with Crippen LogP contribution in [0.5, 0.6) is 0 Å². The Bertz CT molecular complexity index is 878. The van der Waals surface area contributed by atoms with Crippen molar-refractivity contribution in [1.82, 2.24) is 10.3 Å². The van der Waals surface area contributed by atoms with E-state index in [4.69, 9.17) is 11.6 Å². The van der Waals surface area contributed by atoms with Gasteiger partial charge in [0, 0.05) is 23.8 Å². The van der Waals surface area contributed by atoms with Crippen molar-refractivity contribution in [1.29, 1.82) is 0 Å². The largest absolute Gasteiger partial charge is 0.329 e. The van der Waals surface area contributed by atoms with Crippen LogP contribution in [-0.4, -0.2) is 30.1 Å². The van der Waals surface area contributed by atoms with Crippen molar-refractivity contribution < 1.29 is 9.18 Å². The summed E-state index contributed by atoms with van der Waals surface area (Å²) in [6.07, 6.45) is 5.47. The Morgan fingerprint density at radius 2 is 2.00 bits per heavy atom. The molecule has 28 heavy (non-hydrogen) atoms. The van der Waals surface area contributed by atoms with Crippen LogP contribution >= 0.6 is 11.6 Å². The summed E-state index contributed by atoms with van der Waals surface area (Å²) in [4.78, 5) is 21.1. The van der Waals surface area contributed by atoms with E-state index in [1.54, 1.807) is 18.3 Å². The van der Waals surface area contributed by atoms with E-state index < -0.39 is 5.82 Å². The average molecular weight is 403 g/mol. The van der Waals surface area contributed by atoms with Crippen molar-refractivity contribution in [3.05, 3.63) is 52.6 Å². The van der Waals surface area contributed by atoms with Crippen LogP contribution in [0.4, 0.5) is 20.6 Å². The maximum atomic E-state index is 14.7. The van der Waals surface area contributed by atoms with Gasteiger partial charge in [0.05, 0.1) is 17.9 Å². The Morgan fingerprint density at radius 1 is 1.25 bits per heavy atom. The number of hydrogen-bond donors (Lipinski definition) is 1. The highest BCUT2D eigenvalue weighted by Gasteiger charge is 2.38. The van der Waals surface area contributed by atoms with Crippen LogP contribution in [0.25, 0.3) is 0 Å². The summed E-state index contributed by atoms with van der Waals surface area (Å²) >= 11 is 6.15. The molecular formula is C21H24ClFN4O. The van der Waals surface area contributed by atoms with E-state index in [0.29, 0.717) is 16.9 Å². The van der Waals surface area contributed by atoms with Gasteiger partial charge in [0.1, 0.15) is 11.0 Å². The fourth-order valence-corrected chi connectivity index (χ4v) is 4.53. The van der Waals surface area contributed by atoms with E-state index in [2.05, 4.69) is 10.3 Å². The number of fused-ring (bicyclic) bond motifs is 1. The molecule has 1 aliphatic carbocycles. The van der Waals surface area contributed by atoms with E-state index >= 15 is 0 Å². The molecule has 1 saturated carbocycles. The average Bonchev–Trinajstić information content (AvgIpc) is 2.69. The minimum Gasteiger partial charge on any atom is -0.317 e. The lowest BCUT2D eigenvalue weighted by Gasteiger charge is -2.43. The summed E-state index contributed by atoms with van der Waals surface area (Å²) in [5.41, 5.74) is 2.74. The van der Waals surface area contributed by atoms with Gasteiger partial charge in [0.2, 0.25) is 0 Å². The van der Waals surface area contributed by atoms with Crippen molar-refractivity contribution in [2.24, 2.45) is 0 Å². The number of halogens is 2. The standard InChI is InChI=1S/C21H24ClFN4O/c1-13-4-3-5-17(23)20(13)26-12-14-11-25-19(22)10-18(14)27(21(26)28)16-8-6-15(24-2)7-9-16/h3-5,10-11,15-16,24H,6-9,12H2,1-2H3. The second-order valence-corrected chi connectivity index (χ2v) is 7.96. The summed E-state index contributed by atoms with van der Waals surface area (Å²) in [5, 5.41) is 3.68. The fourth-order valence-electron chi connectivity index (χ4n) is 4.38. The van der Waals surface area contributed by atoms with Gasteiger partial charge in [-0.1, -0.05) is 23.7 Å². The van der Waals surface area contributed by atoms with Crippen LogP contribution in [0.2, 0.25) is 5.15 Å². The smallest absolute Gasteiger partial charge is 0.317 e. The number of pyridine rings is 1. The lowest BCUT2D eigenvalue weighted by molar-refractivity contribution is 0.242. The van der Waals surface area contributed by atoms with E-state index in [9.17, 15) is 9.18 Å². The topological polar surface area (TPSA) is 48.5 Å². The molecule has 0 radical (unpaired) electrons. The Labute approximate surface area is 169 Å². The van der Waals surface area contributed by atoms with Gasteiger partial charge < -0.3 is 5.32 Å². The van der Waals surface area contributed by atoms with Crippen LogP contribution < -0.4 is 15.1 Å². The molecule has 2 heterocycles. The number of urea groups is 1. The molecule has 148 valence electrons. The number of benzene rings is 1. The number of aromatic nitrogens is 1. The van der Waals surface area contributed by atoms with Crippen LogP contribution in [-0.2, 0) is 6.54 Å². The van der Waals surface area contributed by atoms with Gasteiger partial charge in [-0.25, -0.2) is 14.2 Å². The second kappa shape index (κ2) is 7.68. The molecule has 1 aromatic carbocycles. The number of rotatable bonds is 3. The van der Waals surface area contributed by atoms with Gasteiger partial charge in [-0.2, -0.15) is 0 Å². The second-order valence-electron chi connectivity index (χ2n) is 7.57. The van der Waals surface area contributed by atoms with Gasteiger partial charge in [0.25, 0.3) is 0 Å². The number of aryl methyl sites for hydroxylation is 1. The van der Waals surface area contributed by atoms with Crippen LogP contribution in [0.15, 0.2) is 30.5 Å². The summed E-state index contributed by atoms with van der Waals surface area (Å²) < 4.78 is 14.7. The quantitative estimate of drug-likeness (QED) is 0.759. The molecule has 4 rings (SSSR count). The number of nitrogens with zero attached hydrogens (tertiary/aromatic N) is 3. The van der Waals surface area contributed by atoms with E-state index in [1.165, 1.54) is 11.0 Å². The monoisotopic (exact) mass is 402 g/mol. The van der Waals surface area contributed by atoms with Crippen LogP contribution in [0, 0.1) is 12.7 Å². The van der Waals surface area contributed by atoms with E-state index in [1.807, 2.05) is 24.9 Å². The summed E-state index contributed by atoms with van der Waals surface area (Å²) in [7, 11) is 1.97. The first kappa shape index (κ1) is 19.2. The highest BCUT2D eigenvalue weighted by atomic mass is 35.5. The number of nitrogens with one attached hydrogen (secondary N) is 1. The molecule has 0 unspecified atom stereocenters. The predicted molar refractivity (Wildman–Crippen MR) is 110 cm³/mol. The summed E-state index contributed by atoms with van der Waals surface area (Å²) in [6.45, 7) is 2.10. The first-order valence-corrected chi connectivity index (χ1v) is 10.0. The fraction of sp³-hybridized carbons (Fsp3) is 0.429. The van der Waals surface area contributed by atoms with Gasteiger partial charge in [0.15, 0.2) is 0 Å². The molecule has 1 aromatic heterocycles. The van der Waals surface area contributed by atoms with Crippen LogP contribution in [0.1, 0.15) is 36.8 Å². The van der Waals surface area contributed by atoms with Crippen molar-refractivity contribution in [2.75, 3.05) is 16.8 Å². The maximum Gasteiger partial charge on any atom is 0.329 e. The zero-order valence-electron chi connectivity index (χ0n) is 16.1. The van der Waals surface area contributed by atoms with Crippen LogP contribution in [0.3, 0.4) is 0 Å². The van der Waals surface area contributed by atoms with Gasteiger partial charge in [-0.05, 0) is 57.4 Å². The zero-order chi connectivity index (χ0) is 19.8. The molecule has 0 bridgehead atoms.